The molecule has 0 atom stereocenters. The first kappa shape index (κ1) is 37.6. The molecule has 2 nitrogen and oxygen atoms in total. The van der Waals surface area contributed by atoms with Gasteiger partial charge < -0.3 is 9.13 Å². The van der Waals surface area contributed by atoms with Crippen LogP contribution in [0.25, 0.3) is 99.1 Å². The van der Waals surface area contributed by atoms with Gasteiger partial charge in [0.1, 0.15) is 0 Å². The minimum atomic E-state index is -0.506. The molecule has 0 unspecified atom stereocenters. The lowest BCUT2D eigenvalue weighted by atomic mass is 9.67. The Morgan fingerprint density at radius 3 is 1.63 bits per heavy atom. The van der Waals surface area contributed by atoms with Crippen molar-refractivity contribution in [3.8, 4) is 44.8 Å². The van der Waals surface area contributed by atoms with E-state index in [0.29, 0.717) is 0 Å². The molecule has 13 aromatic rings. The van der Waals surface area contributed by atoms with E-state index in [4.69, 9.17) is 0 Å². The zero-order valence-corrected chi connectivity index (χ0v) is 36.6. The van der Waals surface area contributed by atoms with Crippen molar-refractivity contribution in [3.63, 3.8) is 0 Å². The molecule has 0 N–H and O–H groups in total. The highest BCUT2D eigenvalue weighted by molar-refractivity contribution is 6.20. The van der Waals surface area contributed by atoms with E-state index in [-0.39, 0.29) is 0 Å². The van der Waals surface area contributed by atoms with Crippen LogP contribution in [0.2, 0.25) is 0 Å². The molecule has 0 spiro atoms. The summed E-state index contributed by atoms with van der Waals surface area (Å²) in [5, 5.41) is 7.45. The lowest BCUT2D eigenvalue weighted by Gasteiger charge is -2.33. The predicted octanol–water partition coefficient (Wildman–Crippen LogP) is 16.7. The Morgan fingerprint density at radius 2 is 0.851 bits per heavy atom. The first-order valence-electron chi connectivity index (χ1n) is 23.3. The van der Waals surface area contributed by atoms with Crippen LogP contribution in [0.1, 0.15) is 22.3 Å². The number of hydrogen-bond acceptors (Lipinski definition) is 0. The molecule has 14 rings (SSSR count). The molecule has 0 fully saturated rings. The van der Waals surface area contributed by atoms with Crippen LogP contribution in [0, 0.1) is 0 Å². The van der Waals surface area contributed by atoms with Crippen LogP contribution in [0.3, 0.4) is 0 Å². The molecule has 0 radical (unpaired) electrons. The second kappa shape index (κ2) is 14.7. The monoisotopic (exact) mass is 850 g/mol. The molecule has 0 bridgehead atoms. The number of benzene rings is 11. The van der Waals surface area contributed by atoms with Gasteiger partial charge in [0, 0.05) is 32.6 Å². The molecule has 0 saturated heterocycles. The van der Waals surface area contributed by atoms with E-state index < -0.39 is 5.41 Å². The summed E-state index contributed by atoms with van der Waals surface area (Å²) < 4.78 is 4.94. The number of nitrogens with zero attached hydrogens (tertiary/aromatic N) is 2. The maximum atomic E-state index is 2.52. The molecule has 1 aliphatic carbocycles. The third-order valence-electron chi connectivity index (χ3n) is 14.6. The second-order valence-corrected chi connectivity index (χ2v) is 18.0. The van der Waals surface area contributed by atoms with E-state index >= 15 is 0 Å². The topological polar surface area (TPSA) is 9.86 Å². The third kappa shape index (κ3) is 5.45. The maximum absolute atomic E-state index is 2.52. The van der Waals surface area contributed by atoms with Gasteiger partial charge in [-0.1, -0.05) is 200 Å². The highest BCUT2D eigenvalue weighted by atomic mass is 15.0. The summed E-state index contributed by atoms with van der Waals surface area (Å²) >= 11 is 0. The van der Waals surface area contributed by atoms with Crippen LogP contribution in [0.4, 0.5) is 0 Å². The number of aromatic nitrogens is 2. The van der Waals surface area contributed by atoms with Crippen molar-refractivity contribution in [2.75, 3.05) is 0 Å². The molecule has 2 heteroatoms. The van der Waals surface area contributed by atoms with Crippen molar-refractivity contribution in [1.29, 1.82) is 0 Å². The van der Waals surface area contributed by atoms with E-state index in [0.717, 1.165) is 5.69 Å². The van der Waals surface area contributed by atoms with E-state index in [1.165, 1.54) is 116 Å². The van der Waals surface area contributed by atoms with Gasteiger partial charge in [0.25, 0.3) is 0 Å². The maximum Gasteiger partial charge on any atom is 0.0713 e. The molecule has 0 amide bonds. The van der Waals surface area contributed by atoms with E-state index in [2.05, 4.69) is 264 Å². The molecule has 1 aliphatic rings. The highest BCUT2D eigenvalue weighted by Crippen LogP contribution is 2.59. The second-order valence-electron chi connectivity index (χ2n) is 18.0. The Morgan fingerprint density at radius 1 is 0.299 bits per heavy atom. The fourth-order valence-corrected chi connectivity index (χ4v) is 11.8. The summed E-state index contributed by atoms with van der Waals surface area (Å²) in [4.78, 5) is 0. The van der Waals surface area contributed by atoms with Gasteiger partial charge in [-0.25, -0.2) is 0 Å². The zero-order chi connectivity index (χ0) is 44.1. The third-order valence-corrected chi connectivity index (χ3v) is 14.6. The highest BCUT2D eigenvalue weighted by Gasteiger charge is 2.47. The Bertz CT molecular complexity index is 4040. The van der Waals surface area contributed by atoms with E-state index in [1.807, 2.05) is 0 Å². The van der Waals surface area contributed by atoms with Crippen LogP contribution in [-0.2, 0) is 5.41 Å². The normalized spacial score (nSPS) is 12.9. The predicted molar refractivity (Wildman–Crippen MR) is 281 cm³/mol. The standard InChI is InChI=1S/C65H42N2/c1-4-18-43(19-5-1)45-22-16-27-50(40-45)66-59-32-15-13-29-52(59)54-41-46(34-37-60(54)66)47-35-38-61-55(42-47)64-62(67(61)58-33-17-21-44-20-10-11-28-51(44)58)39-36-57-63(64)53-30-12-14-31-56(53)65(57,48-23-6-2-7-24-48)49-25-8-3-9-26-49/h1-42H. The minimum Gasteiger partial charge on any atom is -0.309 e. The van der Waals surface area contributed by atoms with Gasteiger partial charge in [-0.05, 0) is 116 Å². The molecule has 11 aromatic carbocycles. The van der Waals surface area contributed by atoms with Gasteiger partial charge in [0.2, 0.25) is 0 Å². The molecular formula is C65H42N2. The molecule has 312 valence electrons. The Labute approximate surface area is 388 Å². The number of para-hydroxylation sites is 1. The van der Waals surface area contributed by atoms with E-state index in [9.17, 15) is 0 Å². The minimum absolute atomic E-state index is 0.506. The first-order chi connectivity index (χ1) is 33.3. The van der Waals surface area contributed by atoms with Crippen molar-refractivity contribution in [3.05, 3.63) is 277 Å². The van der Waals surface area contributed by atoms with Crippen molar-refractivity contribution < 1.29 is 0 Å². The SMILES string of the molecule is c1ccc(-c2cccc(-n3c4ccccc4c4cc(-c5ccc6c(c5)c5c7c(ccc5n6-c5cccc6ccccc56)C(c5ccccc5)(c5ccccc5)c5ccccc5-7)ccc43)c2)cc1. The lowest BCUT2D eigenvalue weighted by molar-refractivity contribution is 0.769. The first-order valence-corrected chi connectivity index (χ1v) is 23.3. The largest absolute Gasteiger partial charge is 0.309 e. The Kier molecular flexibility index (Phi) is 8.23. The van der Waals surface area contributed by atoms with Crippen molar-refractivity contribution in [2.24, 2.45) is 0 Å². The van der Waals surface area contributed by atoms with Crippen molar-refractivity contribution >= 4 is 54.4 Å². The smallest absolute Gasteiger partial charge is 0.0713 e. The molecule has 0 saturated carbocycles. The van der Waals surface area contributed by atoms with Crippen LogP contribution < -0.4 is 0 Å². The van der Waals surface area contributed by atoms with E-state index in [1.54, 1.807) is 0 Å². The summed E-state index contributed by atoms with van der Waals surface area (Å²) in [5.74, 6) is 0. The van der Waals surface area contributed by atoms with Gasteiger partial charge in [-0.15, -0.1) is 0 Å². The zero-order valence-electron chi connectivity index (χ0n) is 36.6. The van der Waals surface area contributed by atoms with Crippen LogP contribution >= 0.6 is 0 Å². The van der Waals surface area contributed by atoms with Crippen molar-refractivity contribution in [2.45, 2.75) is 5.41 Å². The average molecular weight is 851 g/mol. The van der Waals surface area contributed by atoms with Gasteiger partial charge in [-0.3, -0.25) is 0 Å². The van der Waals surface area contributed by atoms with Crippen LogP contribution in [0.15, 0.2) is 255 Å². The van der Waals surface area contributed by atoms with Gasteiger partial charge >= 0.3 is 0 Å². The Balaban J connectivity index is 1.05. The summed E-state index contributed by atoms with van der Waals surface area (Å²) in [6.45, 7) is 0. The van der Waals surface area contributed by atoms with Gasteiger partial charge in [-0.2, -0.15) is 0 Å². The molecule has 67 heavy (non-hydrogen) atoms. The quantitative estimate of drug-likeness (QED) is 0.158. The summed E-state index contributed by atoms with van der Waals surface area (Å²) in [7, 11) is 0. The van der Waals surface area contributed by atoms with Crippen LogP contribution in [-0.4, -0.2) is 9.13 Å². The molecule has 2 aromatic heterocycles. The number of rotatable bonds is 6. The fourth-order valence-electron chi connectivity index (χ4n) is 11.8. The molecular weight excluding hydrogens is 809 g/mol. The molecule has 0 aliphatic heterocycles. The van der Waals surface area contributed by atoms with Gasteiger partial charge in [0.05, 0.1) is 33.2 Å². The summed E-state index contributed by atoms with van der Waals surface area (Å²) in [6, 6.07) is 94.4. The fraction of sp³-hybridized carbons (Fsp3) is 0.0154. The van der Waals surface area contributed by atoms with Crippen LogP contribution in [0.5, 0.6) is 0 Å². The summed E-state index contributed by atoms with van der Waals surface area (Å²) in [6.07, 6.45) is 0. The summed E-state index contributed by atoms with van der Waals surface area (Å²) in [5.41, 5.74) is 19.1. The average Bonchev–Trinajstić information content (AvgIpc) is 4.03. The number of fused-ring (bicyclic) bond motifs is 11. The van der Waals surface area contributed by atoms with Crippen molar-refractivity contribution in [1.82, 2.24) is 9.13 Å². The Hall–Kier alpha value is -8.72. The van der Waals surface area contributed by atoms with Gasteiger partial charge in [0.15, 0.2) is 0 Å². The molecule has 2 heterocycles. The number of hydrogen-bond donors (Lipinski definition) is 0. The lowest BCUT2D eigenvalue weighted by Crippen LogP contribution is -2.28.